The molecule has 0 aliphatic carbocycles. The van der Waals surface area contributed by atoms with Crippen LogP contribution in [0.4, 0.5) is 0 Å². The van der Waals surface area contributed by atoms with E-state index in [0.29, 0.717) is 25.7 Å². The van der Waals surface area contributed by atoms with Gasteiger partial charge in [-0.05, 0) is 31.6 Å². The van der Waals surface area contributed by atoms with E-state index >= 15 is 0 Å². The second-order valence-corrected chi connectivity index (χ2v) is 32.9. The molecule has 0 aliphatic rings. The standard InChI is InChI=1S/C82H160O17P2/c1-6-9-12-15-18-20-22-24-26-28-30-31-32-34-36-38-43-47-52-57-62-67-82(87)99-78(72-93-80(85)66-61-56-51-46-42-37-35-33-29-27-25-23-21-19-16-13-10-7-2)74-97-101(90,91)95-70-76(83)69-94-100(88,89)96-73-77(71-92-79(84)65-60-55-49-17-14-11-8-3)98-81(86)68-63-58-53-48-44-40-39-41-45-50-54-59-64-75(4)5/h75-78,83H,6-74H2,1-5H3,(H,88,89)(H,90,91)/t76-,77+,78+/m0/s1. The van der Waals surface area contributed by atoms with Gasteiger partial charge in [0.2, 0.25) is 0 Å². The van der Waals surface area contributed by atoms with Crippen LogP contribution in [0.5, 0.6) is 0 Å². The molecule has 0 fully saturated rings. The number of hydrogen-bond donors (Lipinski definition) is 3. The molecule has 0 bridgehead atoms. The van der Waals surface area contributed by atoms with Gasteiger partial charge in [0.15, 0.2) is 12.2 Å². The molecule has 600 valence electrons. The molecule has 0 aliphatic heterocycles. The van der Waals surface area contributed by atoms with Crippen molar-refractivity contribution in [2.24, 2.45) is 5.92 Å². The first-order valence-corrected chi connectivity index (χ1v) is 45.6. The number of rotatable bonds is 82. The molecule has 5 atom stereocenters. The minimum Gasteiger partial charge on any atom is -0.462 e. The van der Waals surface area contributed by atoms with E-state index in [1.807, 2.05) is 0 Å². The largest absolute Gasteiger partial charge is 0.472 e. The lowest BCUT2D eigenvalue weighted by Gasteiger charge is -2.21. The molecule has 19 heteroatoms. The smallest absolute Gasteiger partial charge is 0.462 e. The van der Waals surface area contributed by atoms with Crippen molar-refractivity contribution in [1.29, 1.82) is 0 Å². The van der Waals surface area contributed by atoms with Gasteiger partial charge in [-0.1, -0.05) is 388 Å². The number of unbranched alkanes of at least 4 members (excludes halogenated alkanes) is 54. The van der Waals surface area contributed by atoms with E-state index in [4.69, 9.17) is 37.0 Å². The minimum absolute atomic E-state index is 0.107. The van der Waals surface area contributed by atoms with Gasteiger partial charge in [-0.3, -0.25) is 37.3 Å². The van der Waals surface area contributed by atoms with Crippen LogP contribution < -0.4 is 0 Å². The third-order valence-electron chi connectivity index (χ3n) is 19.3. The SMILES string of the molecule is CCCCCCCCCCCCCCCCCCCCCCCC(=O)O[C@H](COC(=O)CCCCCCCCCCCCCCCCCCCC)COP(=O)(O)OC[C@@H](O)COP(=O)(O)OC[C@@H](COC(=O)CCCCCCCCC)OC(=O)CCCCCCCCCCCCCCC(C)C. The fourth-order valence-corrected chi connectivity index (χ4v) is 14.3. The number of carbonyl (C=O) groups is 4. The van der Waals surface area contributed by atoms with Crippen LogP contribution in [0.1, 0.15) is 439 Å². The average Bonchev–Trinajstić information content (AvgIpc) is 0.923. The molecule has 2 unspecified atom stereocenters. The van der Waals surface area contributed by atoms with E-state index in [0.717, 1.165) is 109 Å². The van der Waals surface area contributed by atoms with E-state index < -0.39 is 97.5 Å². The van der Waals surface area contributed by atoms with Crippen LogP contribution in [0.15, 0.2) is 0 Å². The number of hydrogen-bond acceptors (Lipinski definition) is 15. The third-order valence-corrected chi connectivity index (χ3v) is 21.2. The van der Waals surface area contributed by atoms with E-state index in [-0.39, 0.29) is 25.7 Å². The summed E-state index contributed by atoms with van der Waals surface area (Å²) in [6.07, 6.45) is 66.9. The second-order valence-electron chi connectivity index (χ2n) is 30.0. The van der Waals surface area contributed by atoms with Crippen molar-refractivity contribution in [3.05, 3.63) is 0 Å². The van der Waals surface area contributed by atoms with Crippen molar-refractivity contribution < 1.29 is 80.2 Å². The fourth-order valence-electron chi connectivity index (χ4n) is 12.8. The van der Waals surface area contributed by atoms with E-state index in [9.17, 15) is 43.2 Å². The average molecular weight is 1480 g/mol. The summed E-state index contributed by atoms with van der Waals surface area (Å²) in [5, 5.41) is 10.6. The van der Waals surface area contributed by atoms with Crippen LogP contribution in [0, 0.1) is 5.92 Å². The molecule has 0 aromatic rings. The number of phosphoric acid groups is 2. The summed E-state index contributed by atoms with van der Waals surface area (Å²) in [5.41, 5.74) is 0. The summed E-state index contributed by atoms with van der Waals surface area (Å²) in [7, 11) is -9.91. The van der Waals surface area contributed by atoms with Crippen molar-refractivity contribution >= 4 is 39.5 Å². The molecule has 0 heterocycles. The maximum absolute atomic E-state index is 13.1. The van der Waals surface area contributed by atoms with Crippen molar-refractivity contribution in [2.75, 3.05) is 39.6 Å². The molecule has 17 nitrogen and oxygen atoms in total. The Morgan fingerprint density at radius 1 is 0.267 bits per heavy atom. The lowest BCUT2D eigenvalue weighted by molar-refractivity contribution is -0.161. The zero-order valence-electron chi connectivity index (χ0n) is 66.1. The van der Waals surface area contributed by atoms with Crippen LogP contribution in [0.25, 0.3) is 0 Å². The lowest BCUT2D eigenvalue weighted by atomic mass is 10.0. The molecular weight excluding hydrogens is 1320 g/mol. The molecule has 0 saturated carbocycles. The molecule has 0 aromatic carbocycles. The molecule has 0 rings (SSSR count). The highest BCUT2D eigenvalue weighted by Gasteiger charge is 2.30. The van der Waals surface area contributed by atoms with Crippen LogP contribution >= 0.6 is 15.6 Å². The van der Waals surface area contributed by atoms with Crippen LogP contribution in [-0.4, -0.2) is 96.7 Å². The summed E-state index contributed by atoms with van der Waals surface area (Å²) in [4.78, 5) is 72.9. The number of aliphatic hydroxyl groups excluding tert-OH is 1. The van der Waals surface area contributed by atoms with E-state index in [2.05, 4.69) is 34.6 Å². The Balaban J connectivity index is 5.17. The predicted molar refractivity (Wildman–Crippen MR) is 414 cm³/mol. The Morgan fingerprint density at radius 3 is 0.673 bits per heavy atom. The minimum atomic E-state index is -4.96. The van der Waals surface area contributed by atoms with Crippen molar-refractivity contribution in [2.45, 2.75) is 457 Å². The number of esters is 4. The molecule has 0 aromatic heterocycles. The van der Waals surface area contributed by atoms with Crippen LogP contribution in [0.2, 0.25) is 0 Å². The number of ether oxygens (including phenoxy) is 4. The number of carbonyl (C=O) groups excluding carboxylic acids is 4. The van der Waals surface area contributed by atoms with Crippen molar-refractivity contribution in [1.82, 2.24) is 0 Å². The fraction of sp³-hybridized carbons (Fsp3) is 0.951. The quantitative estimate of drug-likeness (QED) is 0.0222. The lowest BCUT2D eigenvalue weighted by Crippen LogP contribution is -2.30. The topological polar surface area (TPSA) is 237 Å². The molecule has 0 saturated heterocycles. The molecule has 101 heavy (non-hydrogen) atoms. The normalized spacial score (nSPS) is 13.8. The monoisotopic (exact) mass is 1480 g/mol. The highest BCUT2D eigenvalue weighted by atomic mass is 31.2. The summed E-state index contributed by atoms with van der Waals surface area (Å²) in [6, 6.07) is 0. The van der Waals surface area contributed by atoms with E-state index in [1.54, 1.807) is 0 Å². The molecule has 3 N–H and O–H groups in total. The van der Waals surface area contributed by atoms with Gasteiger partial charge >= 0.3 is 39.5 Å². The Bertz CT molecular complexity index is 1930. The first kappa shape index (κ1) is 99.1. The van der Waals surface area contributed by atoms with Gasteiger partial charge < -0.3 is 33.8 Å². The maximum Gasteiger partial charge on any atom is 0.472 e. The second kappa shape index (κ2) is 74.9. The molecule has 0 amide bonds. The summed E-state index contributed by atoms with van der Waals surface area (Å²) in [5.74, 6) is -1.33. The van der Waals surface area contributed by atoms with Gasteiger partial charge in [0.25, 0.3) is 0 Å². The summed E-state index contributed by atoms with van der Waals surface area (Å²) >= 11 is 0. The Labute approximate surface area is 619 Å². The summed E-state index contributed by atoms with van der Waals surface area (Å²) in [6.45, 7) is 7.30. The first-order chi connectivity index (χ1) is 49.0. The molecule has 0 radical (unpaired) electrons. The highest BCUT2D eigenvalue weighted by molar-refractivity contribution is 7.47. The Kier molecular flexibility index (Phi) is 73.5. The number of phosphoric ester groups is 2. The van der Waals surface area contributed by atoms with Gasteiger partial charge in [-0.15, -0.1) is 0 Å². The van der Waals surface area contributed by atoms with Gasteiger partial charge in [-0.2, -0.15) is 0 Å². The first-order valence-electron chi connectivity index (χ1n) is 42.6. The molecular formula is C82H160O17P2. The van der Waals surface area contributed by atoms with Crippen molar-refractivity contribution in [3.63, 3.8) is 0 Å². The number of aliphatic hydroxyl groups is 1. The zero-order valence-corrected chi connectivity index (χ0v) is 67.8. The van der Waals surface area contributed by atoms with E-state index in [1.165, 1.54) is 250 Å². The Hall–Kier alpha value is -1.94. The van der Waals surface area contributed by atoms with Crippen LogP contribution in [-0.2, 0) is 65.4 Å². The van der Waals surface area contributed by atoms with Crippen LogP contribution in [0.3, 0.4) is 0 Å². The van der Waals surface area contributed by atoms with Gasteiger partial charge in [0.05, 0.1) is 26.4 Å². The highest BCUT2D eigenvalue weighted by Crippen LogP contribution is 2.45. The predicted octanol–water partition coefficient (Wildman–Crippen LogP) is 24.8. The van der Waals surface area contributed by atoms with Gasteiger partial charge in [-0.25, -0.2) is 9.13 Å². The van der Waals surface area contributed by atoms with Gasteiger partial charge in [0.1, 0.15) is 19.3 Å². The van der Waals surface area contributed by atoms with Gasteiger partial charge in [0, 0.05) is 25.7 Å². The Morgan fingerprint density at radius 2 is 0.455 bits per heavy atom. The summed E-state index contributed by atoms with van der Waals surface area (Å²) < 4.78 is 68.6. The third kappa shape index (κ3) is 76.1. The molecule has 0 spiro atoms. The zero-order chi connectivity index (χ0) is 74.1. The van der Waals surface area contributed by atoms with Crippen molar-refractivity contribution in [3.8, 4) is 0 Å². The maximum atomic E-state index is 13.1.